The maximum atomic E-state index is 12.7. The van der Waals surface area contributed by atoms with Crippen LogP contribution in [0.25, 0.3) is 0 Å². The molecule has 0 bridgehead atoms. The van der Waals surface area contributed by atoms with Crippen LogP contribution in [0.5, 0.6) is 5.75 Å². The quantitative estimate of drug-likeness (QED) is 0.570. The molecule has 0 aliphatic carbocycles. The van der Waals surface area contributed by atoms with Gasteiger partial charge in [-0.3, -0.25) is 9.59 Å². The van der Waals surface area contributed by atoms with Crippen LogP contribution in [0.3, 0.4) is 0 Å². The van der Waals surface area contributed by atoms with E-state index in [0.29, 0.717) is 18.7 Å². The van der Waals surface area contributed by atoms with Crippen molar-refractivity contribution in [3.05, 3.63) is 82.3 Å². The third kappa shape index (κ3) is 6.73. The maximum Gasteiger partial charge on any atom is 0.258 e. The molecule has 3 rings (SSSR count). The molecule has 3 aromatic rings. The fraction of sp³-hybridized carbons (Fsp3) is 0.227. The number of nitrogens with one attached hydrogen (secondary N) is 2. The van der Waals surface area contributed by atoms with Crippen molar-refractivity contribution in [1.29, 1.82) is 0 Å². The lowest BCUT2D eigenvalue weighted by molar-refractivity contribution is -0.130. The number of hydrogen-bond acceptors (Lipinski definition) is 5. The van der Waals surface area contributed by atoms with E-state index < -0.39 is 6.04 Å². The van der Waals surface area contributed by atoms with Gasteiger partial charge < -0.3 is 15.4 Å². The van der Waals surface area contributed by atoms with E-state index in [0.717, 1.165) is 16.8 Å². The third-order valence-electron chi connectivity index (χ3n) is 4.22. The van der Waals surface area contributed by atoms with Crippen molar-refractivity contribution in [2.24, 2.45) is 0 Å². The Balaban J connectivity index is 1.60. The van der Waals surface area contributed by atoms with Gasteiger partial charge in [0.25, 0.3) is 5.91 Å². The molecule has 0 saturated heterocycles. The first-order valence-electron chi connectivity index (χ1n) is 9.27. The Labute approximate surface area is 173 Å². The number of aryl methyl sites for hydroxylation is 1. The summed E-state index contributed by atoms with van der Waals surface area (Å²) >= 11 is 1.47. The fourth-order valence-corrected chi connectivity index (χ4v) is 3.33. The highest BCUT2D eigenvalue weighted by Crippen LogP contribution is 2.12. The van der Waals surface area contributed by atoms with Gasteiger partial charge >= 0.3 is 0 Å². The van der Waals surface area contributed by atoms with Crippen LogP contribution in [-0.4, -0.2) is 29.4 Å². The zero-order chi connectivity index (χ0) is 20.5. The van der Waals surface area contributed by atoms with Crippen LogP contribution in [0.15, 0.2) is 65.5 Å². The van der Waals surface area contributed by atoms with Crippen molar-refractivity contribution in [3.63, 3.8) is 0 Å². The Kier molecular flexibility index (Phi) is 7.35. The Morgan fingerprint density at radius 1 is 1.14 bits per heavy atom. The first-order valence-corrected chi connectivity index (χ1v) is 10.2. The Morgan fingerprint density at radius 3 is 2.69 bits per heavy atom. The van der Waals surface area contributed by atoms with Gasteiger partial charge in [0.05, 0.1) is 17.7 Å². The number of carbonyl (C=O) groups is 2. The Bertz CT molecular complexity index is 929. The van der Waals surface area contributed by atoms with Gasteiger partial charge in [-0.1, -0.05) is 42.5 Å². The van der Waals surface area contributed by atoms with Gasteiger partial charge in [0.2, 0.25) is 5.91 Å². The molecular weight excluding hydrogens is 386 g/mol. The molecule has 1 aromatic heterocycles. The molecule has 0 radical (unpaired) electrons. The predicted molar refractivity (Wildman–Crippen MR) is 113 cm³/mol. The molecule has 150 valence electrons. The van der Waals surface area contributed by atoms with Gasteiger partial charge in [0, 0.05) is 11.8 Å². The topological polar surface area (TPSA) is 80.3 Å². The van der Waals surface area contributed by atoms with Crippen LogP contribution in [0.4, 0.5) is 0 Å². The number of benzene rings is 2. The van der Waals surface area contributed by atoms with E-state index in [1.165, 1.54) is 11.3 Å². The molecule has 0 aliphatic heterocycles. The zero-order valence-corrected chi connectivity index (χ0v) is 16.9. The first-order chi connectivity index (χ1) is 14.1. The fourth-order valence-electron chi connectivity index (χ4n) is 2.77. The first kappa shape index (κ1) is 20.5. The minimum atomic E-state index is -0.704. The lowest BCUT2D eigenvalue weighted by atomic mass is 10.1. The summed E-state index contributed by atoms with van der Waals surface area (Å²) in [5.41, 5.74) is 4.51. The molecule has 2 aromatic carbocycles. The molecule has 7 heteroatoms. The van der Waals surface area contributed by atoms with Gasteiger partial charge in [0.1, 0.15) is 11.8 Å². The minimum Gasteiger partial charge on any atom is -0.484 e. The van der Waals surface area contributed by atoms with E-state index in [2.05, 4.69) is 15.6 Å². The molecule has 0 fully saturated rings. The molecule has 6 nitrogen and oxygen atoms in total. The SMILES string of the molecule is Cc1cccc(OCC(=O)N[C@H](Cc2ccccc2)C(=O)NCc2cscn2)c1. The Morgan fingerprint density at radius 2 is 1.97 bits per heavy atom. The van der Waals surface area contributed by atoms with Gasteiger partial charge in [-0.2, -0.15) is 0 Å². The minimum absolute atomic E-state index is 0.159. The molecule has 29 heavy (non-hydrogen) atoms. The van der Waals surface area contributed by atoms with Crippen LogP contribution >= 0.6 is 11.3 Å². The van der Waals surface area contributed by atoms with E-state index in [4.69, 9.17) is 4.74 Å². The third-order valence-corrected chi connectivity index (χ3v) is 4.86. The average molecular weight is 410 g/mol. The lowest BCUT2D eigenvalue weighted by Crippen LogP contribution is -2.49. The van der Waals surface area contributed by atoms with Crippen LogP contribution in [0, 0.1) is 6.92 Å². The standard InChI is InChI=1S/C22H23N3O3S/c1-16-6-5-9-19(10-16)28-13-21(26)25-20(11-17-7-3-2-4-8-17)22(27)23-12-18-14-29-15-24-18/h2-10,14-15,20H,11-13H2,1H3,(H,23,27)(H,25,26)/t20-/m1/s1. The maximum absolute atomic E-state index is 12.7. The zero-order valence-electron chi connectivity index (χ0n) is 16.1. The molecule has 0 spiro atoms. The van der Waals surface area contributed by atoms with Gasteiger partial charge in [-0.05, 0) is 30.2 Å². The molecular formula is C22H23N3O3S. The molecule has 0 unspecified atom stereocenters. The van der Waals surface area contributed by atoms with Crippen molar-refractivity contribution in [2.75, 3.05) is 6.61 Å². The summed E-state index contributed by atoms with van der Waals surface area (Å²) in [5.74, 6) is 0.00903. The van der Waals surface area contributed by atoms with Crippen molar-refractivity contribution in [3.8, 4) is 5.75 Å². The van der Waals surface area contributed by atoms with Gasteiger partial charge in [-0.25, -0.2) is 4.98 Å². The normalized spacial score (nSPS) is 11.5. The average Bonchev–Trinajstić information content (AvgIpc) is 3.24. The van der Waals surface area contributed by atoms with E-state index in [9.17, 15) is 9.59 Å². The van der Waals surface area contributed by atoms with Crippen molar-refractivity contribution in [1.82, 2.24) is 15.6 Å². The number of nitrogens with zero attached hydrogens (tertiary/aromatic N) is 1. The van der Waals surface area contributed by atoms with Crippen LogP contribution in [0.1, 0.15) is 16.8 Å². The van der Waals surface area contributed by atoms with E-state index in [1.54, 1.807) is 11.6 Å². The van der Waals surface area contributed by atoms with Crippen molar-refractivity contribution in [2.45, 2.75) is 25.9 Å². The number of hydrogen-bond donors (Lipinski definition) is 2. The summed E-state index contributed by atoms with van der Waals surface area (Å²) in [6.45, 7) is 2.12. The molecule has 2 N–H and O–H groups in total. The molecule has 1 atom stereocenters. The molecule has 2 amide bonds. The number of rotatable bonds is 9. The van der Waals surface area contributed by atoms with Crippen molar-refractivity contribution >= 4 is 23.2 Å². The smallest absolute Gasteiger partial charge is 0.258 e. The molecule has 0 saturated carbocycles. The summed E-state index contributed by atoms with van der Waals surface area (Å²) in [4.78, 5) is 29.3. The van der Waals surface area contributed by atoms with Crippen LogP contribution < -0.4 is 15.4 Å². The summed E-state index contributed by atoms with van der Waals surface area (Å²) in [6.07, 6.45) is 0.389. The highest BCUT2D eigenvalue weighted by molar-refractivity contribution is 7.07. The second kappa shape index (κ2) is 10.4. The number of carbonyl (C=O) groups excluding carboxylic acids is 2. The van der Waals surface area contributed by atoms with Gasteiger partial charge in [-0.15, -0.1) is 11.3 Å². The lowest BCUT2D eigenvalue weighted by Gasteiger charge is -2.19. The summed E-state index contributed by atoms with van der Waals surface area (Å²) in [7, 11) is 0. The van der Waals surface area contributed by atoms with Gasteiger partial charge in [0.15, 0.2) is 6.61 Å². The number of ether oxygens (including phenoxy) is 1. The van der Waals surface area contributed by atoms with E-state index >= 15 is 0 Å². The van der Waals surface area contributed by atoms with Crippen molar-refractivity contribution < 1.29 is 14.3 Å². The number of thiazole rings is 1. The predicted octanol–water partition coefficient (Wildman–Crippen LogP) is 2.87. The summed E-state index contributed by atoms with van der Waals surface area (Å²) in [6, 6.07) is 16.3. The summed E-state index contributed by atoms with van der Waals surface area (Å²) in [5, 5.41) is 7.50. The highest BCUT2D eigenvalue weighted by atomic mass is 32.1. The highest BCUT2D eigenvalue weighted by Gasteiger charge is 2.21. The summed E-state index contributed by atoms with van der Waals surface area (Å²) < 4.78 is 5.55. The second-order valence-electron chi connectivity index (χ2n) is 6.61. The number of aromatic nitrogens is 1. The van der Waals surface area contributed by atoms with E-state index in [-0.39, 0.29) is 18.4 Å². The van der Waals surface area contributed by atoms with Crippen LogP contribution in [-0.2, 0) is 22.6 Å². The van der Waals surface area contributed by atoms with Crippen LogP contribution in [0.2, 0.25) is 0 Å². The largest absolute Gasteiger partial charge is 0.484 e. The monoisotopic (exact) mass is 409 g/mol. The number of amides is 2. The molecule has 1 heterocycles. The second-order valence-corrected chi connectivity index (χ2v) is 7.33. The Hall–Kier alpha value is -3.19. The molecule has 0 aliphatic rings. The van der Waals surface area contributed by atoms with E-state index in [1.807, 2.05) is 60.8 Å².